The number of methoxy groups -OCH3 is 5. The molecule has 0 saturated heterocycles. The summed E-state index contributed by atoms with van der Waals surface area (Å²) in [5, 5.41) is 7.62. The van der Waals surface area contributed by atoms with Crippen LogP contribution >= 0.6 is 11.6 Å². The van der Waals surface area contributed by atoms with Gasteiger partial charge in [-0.05, 0) is 6.92 Å². The van der Waals surface area contributed by atoms with Gasteiger partial charge in [-0.1, -0.05) is 11.6 Å². The summed E-state index contributed by atoms with van der Waals surface area (Å²) >= 11 is 5.88. The molecule has 15 nitrogen and oxygen atoms in total. The molecule has 0 bridgehead atoms. The lowest BCUT2D eigenvalue weighted by molar-refractivity contribution is -0.258. The monoisotopic (exact) mass is 584 g/mol. The normalized spacial score (nSPS) is 16.8. The van der Waals surface area contributed by atoms with Crippen molar-refractivity contribution in [1.29, 1.82) is 0 Å². The van der Waals surface area contributed by atoms with Crippen molar-refractivity contribution in [1.82, 2.24) is 34.7 Å². The van der Waals surface area contributed by atoms with E-state index in [2.05, 4.69) is 34.9 Å². The highest BCUT2D eigenvalue weighted by molar-refractivity contribution is 7.93. The number of rotatable bonds is 12. The van der Waals surface area contributed by atoms with E-state index < -0.39 is 27.2 Å². The van der Waals surface area contributed by atoms with Gasteiger partial charge < -0.3 is 23.7 Å². The van der Waals surface area contributed by atoms with Crippen LogP contribution in [0.15, 0.2) is 18.7 Å². The summed E-state index contributed by atoms with van der Waals surface area (Å²) in [6.07, 6.45) is 3.85. The Labute approximate surface area is 230 Å². The highest BCUT2D eigenvalue weighted by Crippen LogP contribution is 2.48. The third kappa shape index (κ3) is 5.47. The first-order chi connectivity index (χ1) is 18.6. The lowest BCUT2D eigenvalue weighted by atomic mass is 9.78. The summed E-state index contributed by atoms with van der Waals surface area (Å²) in [6.45, 7) is 1.46. The number of aromatic nitrogens is 7. The van der Waals surface area contributed by atoms with Gasteiger partial charge in [-0.25, -0.2) is 18.4 Å². The Hall–Kier alpha value is -3.18. The van der Waals surface area contributed by atoms with E-state index in [0.29, 0.717) is 23.7 Å². The van der Waals surface area contributed by atoms with Gasteiger partial charge >= 0.3 is 0 Å². The first kappa shape index (κ1) is 28.8. The number of hydrogen-bond donors (Lipinski definition) is 1. The molecule has 1 saturated carbocycles. The Balaban J connectivity index is 1.77. The van der Waals surface area contributed by atoms with Crippen LogP contribution in [0, 0.1) is 0 Å². The summed E-state index contributed by atoms with van der Waals surface area (Å²) in [5.74, 6) is -0.359. The molecule has 1 aliphatic carbocycles. The zero-order chi connectivity index (χ0) is 28.4. The fraction of sp³-hybridized carbons (Fsp3) is 0.545. The van der Waals surface area contributed by atoms with E-state index in [1.54, 1.807) is 14.2 Å². The summed E-state index contributed by atoms with van der Waals surface area (Å²) in [4.78, 5) is 16.5. The standard InChI is InChI=1S/C22H29ClN8O7S/c1-12(16(34-2)17-24-9-14(23)10-25-17)39(32,33)30-21-29-28-18(13-7-22(8-13,37-5)38-6)31(21)15-19(35-3)26-11-27-20(15)36-4/h9-13,16H,7-8H2,1-6H3,(H,29,30)/t12-,16-/m0/s1. The minimum absolute atomic E-state index is 0.116. The van der Waals surface area contributed by atoms with Crippen LogP contribution in [0.4, 0.5) is 5.95 Å². The minimum atomic E-state index is -4.17. The number of nitrogens with one attached hydrogen (secondary N) is 1. The highest BCUT2D eigenvalue weighted by atomic mass is 35.5. The fourth-order valence-corrected chi connectivity index (χ4v) is 5.56. The van der Waals surface area contributed by atoms with E-state index >= 15 is 0 Å². The van der Waals surface area contributed by atoms with Crippen molar-refractivity contribution in [2.75, 3.05) is 40.3 Å². The second kappa shape index (κ2) is 11.5. The number of halogens is 1. The molecule has 0 aromatic carbocycles. The predicted octanol–water partition coefficient (Wildman–Crippen LogP) is 1.90. The molecule has 39 heavy (non-hydrogen) atoms. The van der Waals surface area contributed by atoms with E-state index in [9.17, 15) is 8.42 Å². The molecule has 0 spiro atoms. The van der Waals surface area contributed by atoms with Gasteiger partial charge in [0.15, 0.2) is 17.3 Å². The maximum atomic E-state index is 13.6. The average molecular weight is 585 g/mol. The molecular weight excluding hydrogens is 556 g/mol. The topological polar surface area (TPSA) is 175 Å². The Kier molecular flexibility index (Phi) is 8.51. The van der Waals surface area contributed by atoms with Crippen molar-refractivity contribution in [3.8, 4) is 17.4 Å². The third-order valence-electron chi connectivity index (χ3n) is 6.58. The molecule has 0 unspecified atom stereocenters. The predicted molar refractivity (Wildman–Crippen MR) is 138 cm³/mol. The Morgan fingerprint density at radius 1 is 1.00 bits per heavy atom. The largest absolute Gasteiger partial charge is 0.479 e. The van der Waals surface area contributed by atoms with Crippen molar-refractivity contribution in [3.05, 3.63) is 35.4 Å². The Bertz CT molecular complexity index is 1370. The van der Waals surface area contributed by atoms with Crippen LogP contribution in [0.1, 0.15) is 43.4 Å². The van der Waals surface area contributed by atoms with Gasteiger partial charge in [-0.15, -0.1) is 10.2 Å². The van der Waals surface area contributed by atoms with Crippen LogP contribution in [0.25, 0.3) is 5.69 Å². The molecular formula is C22H29ClN8O7S. The number of nitrogens with zero attached hydrogens (tertiary/aromatic N) is 7. The van der Waals surface area contributed by atoms with Gasteiger partial charge in [-0.2, -0.15) is 9.97 Å². The van der Waals surface area contributed by atoms with Crippen LogP contribution in [-0.2, 0) is 24.2 Å². The maximum absolute atomic E-state index is 13.6. The van der Waals surface area contributed by atoms with Crippen LogP contribution < -0.4 is 14.2 Å². The van der Waals surface area contributed by atoms with E-state index in [0.717, 1.165) is 0 Å². The molecule has 3 aromatic rings. The summed E-state index contributed by atoms with van der Waals surface area (Å²) in [6, 6.07) is 0. The molecule has 0 aliphatic heterocycles. The molecule has 3 aromatic heterocycles. The summed E-state index contributed by atoms with van der Waals surface area (Å²) < 4.78 is 58.6. The molecule has 1 fully saturated rings. The molecule has 0 amide bonds. The zero-order valence-electron chi connectivity index (χ0n) is 22.2. The Morgan fingerprint density at radius 3 is 2.10 bits per heavy atom. The van der Waals surface area contributed by atoms with Crippen molar-refractivity contribution in [2.24, 2.45) is 0 Å². The lowest BCUT2D eigenvalue weighted by Gasteiger charge is -2.44. The van der Waals surface area contributed by atoms with Crippen LogP contribution in [0.5, 0.6) is 11.8 Å². The molecule has 4 rings (SSSR count). The van der Waals surface area contributed by atoms with Gasteiger partial charge in [0.05, 0.1) is 19.2 Å². The van der Waals surface area contributed by atoms with Gasteiger partial charge in [0.1, 0.15) is 23.5 Å². The SMILES string of the molecule is COc1ncnc(OC)c1-n1c(NS(=O)(=O)[C@@H](C)[C@H](OC)c2ncc(Cl)cn2)nnc1C1CC(OC)(OC)C1. The highest BCUT2D eigenvalue weighted by Gasteiger charge is 2.49. The van der Waals surface area contributed by atoms with Gasteiger partial charge in [0, 0.05) is 52.5 Å². The molecule has 212 valence electrons. The molecule has 0 radical (unpaired) electrons. The number of anilines is 1. The first-order valence-corrected chi connectivity index (χ1v) is 13.6. The quantitative estimate of drug-likeness (QED) is 0.306. The minimum Gasteiger partial charge on any atom is -0.479 e. The van der Waals surface area contributed by atoms with Crippen LogP contribution in [0.2, 0.25) is 5.02 Å². The van der Waals surface area contributed by atoms with E-state index in [1.165, 1.54) is 51.5 Å². The Morgan fingerprint density at radius 2 is 1.59 bits per heavy atom. The van der Waals surface area contributed by atoms with Gasteiger partial charge in [0.25, 0.3) is 0 Å². The van der Waals surface area contributed by atoms with Crippen molar-refractivity contribution < 1.29 is 32.1 Å². The van der Waals surface area contributed by atoms with Crippen LogP contribution in [0.3, 0.4) is 0 Å². The smallest absolute Gasteiger partial charge is 0.245 e. The second-order valence-electron chi connectivity index (χ2n) is 8.65. The molecule has 3 heterocycles. The fourth-order valence-electron chi connectivity index (χ4n) is 4.33. The average Bonchev–Trinajstić information content (AvgIpc) is 3.31. The first-order valence-electron chi connectivity index (χ1n) is 11.6. The third-order valence-corrected chi connectivity index (χ3v) is 8.46. The van der Waals surface area contributed by atoms with E-state index in [-0.39, 0.29) is 35.1 Å². The number of hydrogen-bond acceptors (Lipinski definition) is 13. The van der Waals surface area contributed by atoms with Gasteiger partial charge in [0.2, 0.25) is 27.7 Å². The molecule has 1 aliphatic rings. The molecule has 2 atom stereocenters. The van der Waals surface area contributed by atoms with Crippen molar-refractivity contribution >= 4 is 27.6 Å². The number of ether oxygens (including phenoxy) is 5. The maximum Gasteiger partial charge on any atom is 0.245 e. The summed E-state index contributed by atoms with van der Waals surface area (Å²) in [5.41, 5.74) is 0.213. The van der Waals surface area contributed by atoms with E-state index in [4.69, 9.17) is 35.3 Å². The second-order valence-corrected chi connectivity index (χ2v) is 11.1. The van der Waals surface area contributed by atoms with Crippen molar-refractivity contribution in [3.63, 3.8) is 0 Å². The summed E-state index contributed by atoms with van der Waals surface area (Å²) in [7, 11) is 3.14. The number of sulfonamides is 1. The zero-order valence-corrected chi connectivity index (χ0v) is 23.7. The molecule has 1 N–H and O–H groups in total. The molecule has 17 heteroatoms. The van der Waals surface area contributed by atoms with E-state index in [1.807, 2.05) is 0 Å². The van der Waals surface area contributed by atoms with Crippen molar-refractivity contribution in [2.45, 2.75) is 42.8 Å². The lowest BCUT2D eigenvalue weighted by Crippen LogP contribution is -2.46. The van der Waals surface area contributed by atoms with Crippen LogP contribution in [-0.4, -0.2) is 89.7 Å². The van der Waals surface area contributed by atoms with Gasteiger partial charge in [-0.3, -0.25) is 9.29 Å².